The topological polar surface area (TPSA) is 144 Å². The largest absolute Gasteiger partial charge is 0.508 e. The first-order valence-electron chi connectivity index (χ1n) is 5.56. The highest BCUT2D eigenvalue weighted by molar-refractivity contribution is 5.73. The van der Waals surface area contributed by atoms with Crippen LogP contribution in [0.2, 0.25) is 0 Å². The molecule has 0 aliphatic rings. The van der Waals surface area contributed by atoms with Crippen molar-refractivity contribution < 1.29 is 30.3 Å². The third-order valence-electron chi connectivity index (χ3n) is 2.13. The summed E-state index contributed by atoms with van der Waals surface area (Å²) in [5.41, 5.74) is 6.12. The van der Waals surface area contributed by atoms with Crippen molar-refractivity contribution in [3.8, 4) is 5.75 Å². The maximum Gasteiger partial charge on any atom is 0.320 e. The van der Waals surface area contributed by atoms with Gasteiger partial charge in [-0.2, -0.15) is 0 Å². The van der Waals surface area contributed by atoms with Crippen LogP contribution in [0.3, 0.4) is 0 Å². The van der Waals surface area contributed by atoms with E-state index in [0.29, 0.717) is 0 Å². The Morgan fingerprint density at radius 2 is 1.63 bits per heavy atom. The Balaban J connectivity index is 0.000000459. The Labute approximate surface area is 110 Å². The van der Waals surface area contributed by atoms with Crippen molar-refractivity contribution in [2.75, 3.05) is 13.2 Å². The number of hydrogen-bond acceptors (Lipinski definition) is 6. The Hall–Kier alpha value is -1.67. The average molecular weight is 273 g/mol. The minimum absolute atomic E-state index is 0.160. The smallest absolute Gasteiger partial charge is 0.320 e. The van der Waals surface area contributed by atoms with Crippen molar-refractivity contribution >= 4 is 5.97 Å². The number of aliphatic hydroxyl groups is 3. The first-order valence-corrected chi connectivity index (χ1v) is 5.56. The molecule has 0 saturated heterocycles. The molecule has 0 amide bonds. The molecule has 0 heterocycles. The zero-order chi connectivity index (χ0) is 14.8. The van der Waals surface area contributed by atoms with Crippen molar-refractivity contribution in [3.63, 3.8) is 0 Å². The number of carboxylic acids is 1. The number of rotatable bonds is 5. The van der Waals surface area contributed by atoms with Crippen LogP contribution in [0.1, 0.15) is 5.56 Å². The molecular formula is C12H19NO6. The van der Waals surface area contributed by atoms with Crippen LogP contribution in [0.4, 0.5) is 0 Å². The fourth-order valence-electron chi connectivity index (χ4n) is 1.03. The molecule has 0 aliphatic carbocycles. The van der Waals surface area contributed by atoms with E-state index in [0.717, 1.165) is 5.56 Å². The molecule has 0 bridgehead atoms. The Kier molecular flexibility index (Phi) is 8.47. The number of aliphatic carboxylic acids is 1. The molecule has 1 unspecified atom stereocenters. The third kappa shape index (κ3) is 8.11. The van der Waals surface area contributed by atoms with E-state index in [4.69, 9.17) is 31.3 Å². The van der Waals surface area contributed by atoms with E-state index < -0.39 is 18.1 Å². The number of nitrogens with two attached hydrogens (primary N) is 1. The van der Waals surface area contributed by atoms with Crippen LogP contribution in [0.15, 0.2) is 24.3 Å². The van der Waals surface area contributed by atoms with Crippen LogP contribution in [0, 0.1) is 0 Å². The molecule has 0 aromatic heterocycles. The normalized spacial score (nSPS) is 11.6. The quantitative estimate of drug-likeness (QED) is 0.390. The maximum absolute atomic E-state index is 10.4. The Bertz CT molecular complexity index is 363. The summed E-state index contributed by atoms with van der Waals surface area (Å²) in [5, 5.41) is 41.5. The molecule has 1 aromatic carbocycles. The van der Waals surface area contributed by atoms with Crippen molar-refractivity contribution in [1.29, 1.82) is 0 Å². The van der Waals surface area contributed by atoms with Crippen molar-refractivity contribution in [1.82, 2.24) is 0 Å². The van der Waals surface area contributed by atoms with Crippen LogP contribution in [-0.2, 0) is 11.2 Å². The lowest BCUT2D eigenvalue weighted by Crippen LogP contribution is -2.32. The summed E-state index contributed by atoms with van der Waals surface area (Å²) in [7, 11) is 0. The molecule has 7 N–H and O–H groups in total. The first-order chi connectivity index (χ1) is 8.90. The molecule has 108 valence electrons. The minimum atomic E-state index is -1.02. The highest BCUT2D eigenvalue weighted by Gasteiger charge is 2.11. The van der Waals surface area contributed by atoms with Gasteiger partial charge in [0.05, 0.1) is 13.2 Å². The zero-order valence-electron chi connectivity index (χ0n) is 10.3. The second-order valence-electron chi connectivity index (χ2n) is 3.83. The van der Waals surface area contributed by atoms with Gasteiger partial charge in [0.15, 0.2) is 0 Å². The van der Waals surface area contributed by atoms with Crippen LogP contribution in [0.25, 0.3) is 0 Å². The molecule has 1 atom stereocenters. The van der Waals surface area contributed by atoms with Crippen molar-refractivity contribution in [2.24, 2.45) is 5.73 Å². The molecule has 1 rings (SSSR count). The Morgan fingerprint density at radius 3 is 1.95 bits per heavy atom. The summed E-state index contributed by atoms with van der Waals surface area (Å²) in [4.78, 5) is 10.4. The number of carboxylic acid groups (broad SMARTS) is 1. The average Bonchev–Trinajstić information content (AvgIpc) is 2.41. The lowest BCUT2D eigenvalue weighted by Gasteiger charge is -2.05. The van der Waals surface area contributed by atoms with Gasteiger partial charge in [-0.25, -0.2) is 0 Å². The van der Waals surface area contributed by atoms with Gasteiger partial charge in [-0.3, -0.25) is 4.79 Å². The monoisotopic (exact) mass is 273 g/mol. The number of phenolic OH excluding ortho intramolecular Hbond substituents is 1. The van der Waals surface area contributed by atoms with Crippen molar-refractivity contribution in [2.45, 2.75) is 18.6 Å². The van der Waals surface area contributed by atoms with Crippen molar-refractivity contribution in [3.05, 3.63) is 29.8 Å². The lowest BCUT2D eigenvalue weighted by molar-refractivity contribution is -0.138. The second kappa shape index (κ2) is 9.29. The lowest BCUT2D eigenvalue weighted by atomic mass is 10.1. The van der Waals surface area contributed by atoms with Crippen LogP contribution in [0.5, 0.6) is 5.75 Å². The molecule has 0 saturated carbocycles. The number of benzene rings is 1. The van der Waals surface area contributed by atoms with E-state index >= 15 is 0 Å². The van der Waals surface area contributed by atoms with Gasteiger partial charge in [0.1, 0.15) is 17.9 Å². The van der Waals surface area contributed by atoms with E-state index in [-0.39, 0.29) is 25.4 Å². The SMILES string of the molecule is NC(Cc1ccc(O)cc1)C(=O)O.OCC(O)CO. The summed E-state index contributed by atoms with van der Waals surface area (Å²) in [6.07, 6.45) is -0.680. The zero-order valence-corrected chi connectivity index (χ0v) is 10.3. The molecule has 0 fully saturated rings. The van der Waals surface area contributed by atoms with E-state index in [2.05, 4.69) is 0 Å². The summed E-state index contributed by atoms with van der Waals surface area (Å²) in [5.74, 6) is -0.860. The van der Waals surface area contributed by atoms with Gasteiger partial charge in [-0.05, 0) is 24.1 Å². The van der Waals surface area contributed by atoms with Gasteiger partial charge in [-0.1, -0.05) is 12.1 Å². The second-order valence-corrected chi connectivity index (χ2v) is 3.83. The van der Waals surface area contributed by atoms with Crippen LogP contribution in [-0.4, -0.2) is 56.9 Å². The van der Waals surface area contributed by atoms with E-state index in [1.807, 2.05) is 0 Å². The van der Waals surface area contributed by atoms with Crippen LogP contribution >= 0.6 is 0 Å². The van der Waals surface area contributed by atoms with Gasteiger partial charge >= 0.3 is 5.97 Å². The Morgan fingerprint density at radius 1 is 1.16 bits per heavy atom. The number of hydrogen-bond donors (Lipinski definition) is 6. The molecule has 0 aliphatic heterocycles. The molecule has 7 nitrogen and oxygen atoms in total. The molecule has 0 spiro atoms. The summed E-state index contributed by atoms with van der Waals surface area (Å²) < 4.78 is 0. The van der Waals surface area contributed by atoms with Gasteiger partial charge in [-0.15, -0.1) is 0 Å². The summed E-state index contributed by atoms with van der Waals surface area (Å²) in [6.45, 7) is -0.729. The minimum Gasteiger partial charge on any atom is -0.508 e. The fraction of sp³-hybridized carbons (Fsp3) is 0.417. The number of carbonyl (C=O) groups is 1. The summed E-state index contributed by atoms with van der Waals surface area (Å²) in [6, 6.07) is 5.42. The highest BCUT2D eigenvalue weighted by atomic mass is 16.4. The van der Waals surface area contributed by atoms with Crippen LogP contribution < -0.4 is 5.73 Å². The number of phenols is 1. The first kappa shape index (κ1) is 17.3. The number of aromatic hydroxyl groups is 1. The van der Waals surface area contributed by atoms with E-state index in [9.17, 15) is 4.79 Å². The third-order valence-corrected chi connectivity index (χ3v) is 2.13. The van der Waals surface area contributed by atoms with E-state index in [1.54, 1.807) is 12.1 Å². The highest BCUT2D eigenvalue weighted by Crippen LogP contribution is 2.10. The summed E-state index contributed by atoms with van der Waals surface area (Å²) >= 11 is 0. The molecular weight excluding hydrogens is 254 g/mol. The maximum atomic E-state index is 10.4. The number of aliphatic hydroxyl groups excluding tert-OH is 3. The van der Waals surface area contributed by atoms with Gasteiger partial charge in [0, 0.05) is 0 Å². The fourth-order valence-corrected chi connectivity index (χ4v) is 1.03. The predicted octanol–water partition coefficient (Wildman–Crippen LogP) is -1.32. The standard InChI is InChI=1S/C9H11NO3.C3H8O3/c10-8(9(12)13)5-6-1-3-7(11)4-2-6;4-1-3(6)2-5/h1-4,8,11H,5,10H2,(H,12,13);3-6H,1-2H2. The molecule has 7 heteroatoms. The molecule has 1 aromatic rings. The van der Waals surface area contributed by atoms with Gasteiger partial charge in [0.2, 0.25) is 0 Å². The molecule has 19 heavy (non-hydrogen) atoms. The predicted molar refractivity (Wildman–Crippen MR) is 67.6 cm³/mol. The molecule has 0 radical (unpaired) electrons. The van der Waals surface area contributed by atoms with Gasteiger partial charge in [0.25, 0.3) is 0 Å². The van der Waals surface area contributed by atoms with Gasteiger partial charge < -0.3 is 31.3 Å². The van der Waals surface area contributed by atoms with E-state index in [1.165, 1.54) is 12.1 Å².